The molecule has 2 N–H and O–H groups in total. The standard InChI is InChI=1S/C14H18F3N3O/c1-19-5-6-20(12(8-18)9-19)13(21)10-3-2-4-11(7-10)14(15,16)17/h2-4,7,12H,5-6,8-9,18H2,1H3. The number of halogens is 3. The van der Waals surface area contributed by atoms with Gasteiger partial charge in [0.2, 0.25) is 0 Å². The molecule has 21 heavy (non-hydrogen) atoms. The number of nitrogens with zero attached hydrogens (tertiary/aromatic N) is 2. The number of amides is 1. The quantitative estimate of drug-likeness (QED) is 0.899. The van der Waals surface area contributed by atoms with E-state index in [1.54, 1.807) is 4.90 Å². The Morgan fingerprint density at radius 3 is 2.71 bits per heavy atom. The van der Waals surface area contributed by atoms with Crippen molar-refractivity contribution < 1.29 is 18.0 Å². The molecule has 0 spiro atoms. The molecule has 1 aromatic carbocycles. The van der Waals surface area contributed by atoms with Crippen molar-refractivity contribution in [2.45, 2.75) is 12.2 Å². The van der Waals surface area contributed by atoms with Crippen LogP contribution in [0.5, 0.6) is 0 Å². The molecule has 1 heterocycles. The SMILES string of the molecule is CN1CCN(C(=O)c2cccc(C(F)(F)F)c2)C(CN)C1. The fraction of sp³-hybridized carbons (Fsp3) is 0.500. The maximum absolute atomic E-state index is 12.7. The van der Waals surface area contributed by atoms with E-state index in [1.165, 1.54) is 12.1 Å². The highest BCUT2D eigenvalue weighted by atomic mass is 19.4. The Balaban J connectivity index is 2.23. The zero-order valence-corrected chi connectivity index (χ0v) is 11.7. The van der Waals surface area contributed by atoms with Crippen molar-refractivity contribution in [3.05, 3.63) is 35.4 Å². The van der Waals surface area contributed by atoms with Crippen molar-refractivity contribution in [2.24, 2.45) is 5.73 Å². The first-order chi connectivity index (χ1) is 9.82. The van der Waals surface area contributed by atoms with Crippen LogP contribution in [-0.2, 0) is 6.18 Å². The van der Waals surface area contributed by atoms with Gasteiger partial charge in [0, 0.05) is 31.7 Å². The first kappa shape index (κ1) is 15.8. The lowest BCUT2D eigenvalue weighted by molar-refractivity contribution is -0.137. The van der Waals surface area contributed by atoms with Crippen LogP contribution in [-0.4, -0.2) is 55.0 Å². The summed E-state index contributed by atoms with van der Waals surface area (Å²) < 4.78 is 38.1. The fourth-order valence-corrected chi connectivity index (χ4v) is 2.47. The Bertz CT molecular complexity index is 518. The van der Waals surface area contributed by atoms with E-state index >= 15 is 0 Å². The monoisotopic (exact) mass is 301 g/mol. The van der Waals surface area contributed by atoms with Crippen molar-refractivity contribution in [1.82, 2.24) is 9.80 Å². The van der Waals surface area contributed by atoms with E-state index < -0.39 is 17.6 Å². The minimum atomic E-state index is -4.45. The summed E-state index contributed by atoms with van der Waals surface area (Å²) in [5, 5.41) is 0. The van der Waals surface area contributed by atoms with Crippen LogP contribution in [0.4, 0.5) is 13.2 Å². The largest absolute Gasteiger partial charge is 0.416 e. The topological polar surface area (TPSA) is 49.6 Å². The van der Waals surface area contributed by atoms with Crippen LogP contribution in [0.3, 0.4) is 0 Å². The van der Waals surface area contributed by atoms with Gasteiger partial charge in [-0.25, -0.2) is 0 Å². The van der Waals surface area contributed by atoms with Crippen LogP contribution < -0.4 is 5.73 Å². The molecule has 1 aromatic rings. The Hall–Kier alpha value is -1.60. The van der Waals surface area contributed by atoms with Crippen molar-refractivity contribution in [2.75, 3.05) is 33.2 Å². The molecule has 0 bridgehead atoms. The molecule has 1 aliphatic rings. The fourth-order valence-electron chi connectivity index (χ4n) is 2.47. The summed E-state index contributed by atoms with van der Waals surface area (Å²) in [6.07, 6.45) is -4.45. The molecule has 1 aliphatic heterocycles. The van der Waals surface area contributed by atoms with Gasteiger partial charge in [-0.15, -0.1) is 0 Å². The van der Waals surface area contributed by atoms with Crippen LogP contribution in [0.25, 0.3) is 0 Å². The highest BCUT2D eigenvalue weighted by Gasteiger charge is 2.33. The van der Waals surface area contributed by atoms with Crippen molar-refractivity contribution in [1.29, 1.82) is 0 Å². The second-order valence-electron chi connectivity index (χ2n) is 5.23. The minimum Gasteiger partial charge on any atom is -0.332 e. The van der Waals surface area contributed by atoms with Gasteiger partial charge in [0.1, 0.15) is 0 Å². The third kappa shape index (κ3) is 3.54. The number of likely N-dealkylation sites (N-methyl/N-ethyl adjacent to an activating group) is 1. The van der Waals surface area contributed by atoms with E-state index in [4.69, 9.17) is 5.73 Å². The average molecular weight is 301 g/mol. The molecule has 0 saturated carbocycles. The molecule has 1 amide bonds. The van der Waals surface area contributed by atoms with Crippen LogP contribution >= 0.6 is 0 Å². The van der Waals surface area contributed by atoms with E-state index in [0.29, 0.717) is 19.6 Å². The van der Waals surface area contributed by atoms with Gasteiger partial charge >= 0.3 is 6.18 Å². The molecular formula is C14H18F3N3O. The molecule has 0 aromatic heterocycles. The number of nitrogens with two attached hydrogens (primary N) is 1. The van der Waals surface area contributed by atoms with Gasteiger partial charge in [0.25, 0.3) is 5.91 Å². The maximum Gasteiger partial charge on any atom is 0.416 e. The van der Waals surface area contributed by atoms with Crippen molar-refractivity contribution in [3.8, 4) is 0 Å². The number of carbonyl (C=O) groups excluding carboxylic acids is 1. The first-order valence-corrected chi connectivity index (χ1v) is 6.69. The number of carbonyl (C=O) groups is 1. The molecule has 1 unspecified atom stereocenters. The van der Waals surface area contributed by atoms with E-state index in [1.807, 2.05) is 11.9 Å². The average Bonchev–Trinajstić information content (AvgIpc) is 2.45. The molecule has 0 radical (unpaired) electrons. The Labute approximate surface area is 121 Å². The summed E-state index contributed by atoms with van der Waals surface area (Å²) in [5.74, 6) is -0.398. The third-order valence-corrected chi connectivity index (χ3v) is 3.66. The number of piperazine rings is 1. The van der Waals surface area contributed by atoms with Gasteiger partial charge in [-0.2, -0.15) is 13.2 Å². The molecule has 4 nitrogen and oxygen atoms in total. The highest BCUT2D eigenvalue weighted by Crippen LogP contribution is 2.30. The van der Waals surface area contributed by atoms with Gasteiger partial charge in [-0.1, -0.05) is 6.07 Å². The predicted molar refractivity (Wildman–Crippen MR) is 72.8 cm³/mol. The number of hydrogen-bond donors (Lipinski definition) is 1. The van der Waals surface area contributed by atoms with Gasteiger partial charge in [-0.05, 0) is 25.2 Å². The second kappa shape index (κ2) is 6.03. The van der Waals surface area contributed by atoms with Gasteiger partial charge in [0.15, 0.2) is 0 Å². The number of hydrogen-bond acceptors (Lipinski definition) is 3. The van der Waals surface area contributed by atoms with Gasteiger partial charge < -0.3 is 15.5 Å². The number of alkyl halides is 3. The first-order valence-electron chi connectivity index (χ1n) is 6.69. The molecule has 1 fully saturated rings. The lowest BCUT2D eigenvalue weighted by Crippen LogP contribution is -2.56. The van der Waals surface area contributed by atoms with E-state index in [2.05, 4.69) is 0 Å². The summed E-state index contributed by atoms with van der Waals surface area (Å²) in [4.78, 5) is 16.1. The zero-order chi connectivity index (χ0) is 15.6. The smallest absolute Gasteiger partial charge is 0.332 e. The summed E-state index contributed by atoms with van der Waals surface area (Å²) in [6.45, 7) is 2.06. The summed E-state index contributed by atoms with van der Waals surface area (Å²) >= 11 is 0. The Morgan fingerprint density at radius 1 is 1.38 bits per heavy atom. The lowest BCUT2D eigenvalue weighted by Gasteiger charge is -2.39. The van der Waals surface area contributed by atoms with Gasteiger partial charge in [-0.3, -0.25) is 4.79 Å². The molecule has 7 heteroatoms. The van der Waals surface area contributed by atoms with E-state index in [-0.39, 0.29) is 18.2 Å². The van der Waals surface area contributed by atoms with Crippen molar-refractivity contribution in [3.63, 3.8) is 0 Å². The lowest BCUT2D eigenvalue weighted by atomic mass is 10.1. The van der Waals surface area contributed by atoms with Crippen LogP contribution in [0.2, 0.25) is 0 Å². The van der Waals surface area contributed by atoms with Crippen LogP contribution in [0.15, 0.2) is 24.3 Å². The Morgan fingerprint density at radius 2 is 2.10 bits per heavy atom. The predicted octanol–water partition coefficient (Wildman–Crippen LogP) is 1.42. The van der Waals surface area contributed by atoms with Gasteiger partial charge in [0.05, 0.1) is 11.6 Å². The summed E-state index contributed by atoms with van der Waals surface area (Å²) in [6, 6.07) is 4.34. The number of benzene rings is 1. The van der Waals surface area contributed by atoms with Crippen LogP contribution in [0.1, 0.15) is 15.9 Å². The summed E-state index contributed by atoms with van der Waals surface area (Å²) in [5.41, 5.74) is 4.91. The molecule has 2 rings (SSSR count). The van der Waals surface area contributed by atoms with Crippen LogP contribution in [0, 0.1) is 0 Å². The Kier molecular flexibility index (Phi) is 4.53. The highest BCUT2D eigenvalue weighted by molar-refractivity contribution is 5.94. The summed E-state index contributed by atoms with van der Waals surface area (Å²) in [7, 11) is 1.93. The molecular weight excluding hydrogens is 283 g/mol. The number of rotatable bonds is 2. The van der Waals surface area contributed by atoms with E-state index in [9.17, 15) is 18.0 Å². The van der Waals surface area contributed by atoms with Crippen molar-refractivity contribution >= 4 is 5.91 Å². The van der Waals surface area contributed by atoms with E-state index in [0.717, 1.165) is 12.1 Å². The maximum atomic E-state index is 12.7. The normalized spacial score (nSPS) is 20.6. The molecule has 116 valence electrons. The molecule has 1 atom stereocenters. The molecule has 0 aliphatic carbocycles. The third-order valence-electron chi connectivity index (χ3n) is 3.66. The molecule has 1 saturated heterocycles. The second-order valence-corrected chi connectivity index (χ2v) is 5.23. The minimum absolute atomic E-state index is 0.0489. The zero-order valence-electron chi connectivity index (χ0n) is 11.7.